The van der Waals surface area contributed by atoms with E-state index in [1.165, 1.54) is 11.8 Å². The minimum absolute atomic E-state index is 0.00186. The molecule has 1 aromatic carbocycles. The number of carbonyl (C=O) groups is 1. The molecule has 2 aromatic rings. The number of benzene rings is 1. The van der Waals surface area contributed by atoms with Crippen molar-refractivity contribution >= 4 is 17.7 Å². The van der Waals surface area contributed by atoms with Gasteiger partial charge >= 0.3 is 0 Å². The van der Waals surface area contributed by atoms with Crippen LogP contribution in [0.3, 0.4) is 0 Å². The molecule has 6 heteroatoms. The molecule has 0 fully saturated rings. The van der Waals surface area contributed by atoms with Crippen molar-refractivity contribution in [2.45, 2.75) is 44.5 Å². The van der Waals surface area contributed by atoms with Crippen LogP contribution in [-0.4, -0.2) is 34.8 Å². The number of hydrogen-bond donors (Lipinski definition) is 1. The van der Waals surface area contributed by atoms with Gasteiger partial charge in [0.1, 0.15) is 5.75 Å². The number of carbonyl (C=O) groups excluding carboxylic acids is 1. The summed E-state index contributed by atoms with van der Waals surface area (Å²) in [6.07, 6.45) is 0.784. The lowest BCUT2D eigenvalue weighted by Gasteiger charge is -2.12. The Morgan fingerprint density at radius 3 is 2.32 bits per heavy atom. The van der Waals surface area contributed by atoms with Crippen LogP contribution in [0.25, 0.3) is 0 Å². The summed E-state index contributed by atoms with van der Waals surface area (Å²) < 4.78 is 5.14. The monoisotopic (exact) mass is 359 g/mol. The van der Waals surface area contributed by atoms with Crippen molar-refractivity contribution in [3.05, 3.63) is 46.8 Å². The number of nitrogens with zero attached hydrogens (tertiary/aromatic N) is 2. The SMILES string of the molecule is COc1ccc(CCNC(=O)[C@H](C)Sc2nc(C)c(C)c(C)n2)cc1. The molecule has 0 spiro atoms. The molecular formula is C19H25N3O2S. The Morgan fingerprint density at radius 1 is 1.16 bits per heavy atom. The summed E-state index contributed by atoms with van der Waals surface area (Å²) in [5, 5.41) is 3.39. The Hall–Kier alpha value is -2.08. The number of nitrogens with one attached hydrogen (secondary N) is 1. The minimum Gasteiger partial charge on any atom is -0.497 e. The number of aromatic nitrogens is 2. The van der Waals surface area contributed by atoms with Crippen LogP contribution in [0.2, 0.25) is 0 Å². The molecule has 5 nitrogen and oxygen atoms in total. The molecule has 134 valence electrons. The van der Waals surface area contributed by atoms with Crippen molar-refractivity contribution in [2.24, 2.45) is 0 Å². The normalized spacial score (nSPS) is 11.9. The number of thioether (sulfide) groups is 1. The highest BCUT2D eigenvalue weighted by Crippen LogP contribution is 2.21. The van der Waals surface area contributed by atoms with Gasteiger partial charge in [-0.2, -0.15) is 0 Å². The maximum atomic E-state index is 12.3. The molecule has 0 bridgehead atoms. The average Bonchev–Trinajstić information content (AvgIpc) is 2.60. The van der Waals surface area contributed by atoms with E-state index in [-0.39, 0.29) is 11.2 Å². The van der Waals surface area contributed by atoms with Crippen LogP contribution in [0.5, 0.6) is 5.75 Å². The van der Waals surface area contributed by atoms with Crippen molar-refractivity contribution in [1.82, 2.24) is 15.3 Å². The van der Waals surface area contributed by atoms with E-state index < -0.39 is 0 Å². The van der Waals surface area contributed by atoms with Crippen LogP contribution >= 0.6 is 11.8 Å². The number of methoxy groups -OCH3 is 1. The van der Waals surface area contributed by atoms with E-state index in [0.29, 0.717) is 11.7 Å². The van der Waals surface area contributed by atoms with Gasteiger partial charge in [-0.05, 0) is 57.4 Å². The van der Waals surface area contributed by atoms with Gasteiger partial charge in [-0.25, -0.2) is 9.97 Å². The van der Waals surface area contributed by atoms with Crippen molar-refractivity contribution in [3.8, 4) is 5.75 Å². The molecule has 2 rings (SSSR count). The molecule has 25 heavy (non-hydrogen) atoms. The highest BCUT2D eigenvalue weighted by Gasteiger charge is 2.16. The third-order valence-electron chi connectivity index (χ3n) is 4.14. The van der Waals surface area contributed by atoms with Crippen LogP contribution in [-0.2, 0) is 11.2 Å². The van der Waals surface area contributed by atoms with Gasteiger partial charge in [0.15, 0.2) is 5.16 Å². The molecule has 1 heterocycles. The number of amides is 1. The Kier molecular flexibility index (Phi) is 6.82. The maximum Gasteiger partial charge on any atom is 0.233 e. The van der Waals surface area contributed by atoms with E-state index in [4.69, 9.17) is 4.74 Å². The van der Waals surface area contributed by atoms with Crippen LogP contribution < -0.4 is 10.1 Å². The van der Waals surface area contributed by atoms with E-state index in [9.17, 15) is 4.79 Å². The van der Waals surface area contributed by atoms with E-state index >= 15 is 0 Å². The van der Waals surface area contributed by atoms with Gasteiger partial charge in [0.25, 0.3) is 0 Å². The lowest BCUT2D eigenvalue weighted by Crippen LogP contribution is -2.32. The first-order valence-electron chi connectivity index (χ1n) is 8.30. The molecule has 1 N–H and O–H groups in total. The van der Waals surface area contributed by atoms with E-state index in [1.54, 1.807) is 7.11 Å². The summed E-state index contributed by atoms with van der Waals surface area (Å²) >= 11 is 1.39. The fourth-order valence-corrected chi connectivity index (χ4v) is 3.16. The quantitative estimate of drug-likeness (QED) is 0.607. The molecular weight excluding hydrogens is 334 g/mol. The summed E-state index contributed by atoms with van der Waals surface area (Å²) in [4.78, 5) is 21.2. The third kappa shape index (κ3) is 5.46. The molecule has 1 aromatic heterocycles. The number of hydrogen-bond acceptors (Lipinski definition) is 5. The number of aryl methyl sites for hydroxylation is 2. The van der Waals surface area contributed by atoms with Crippen molar-refractivity contribution in [2.75, 3.05) is 13.7 Å². The molecule has 1 amide bonds. The van der Waals surface area contributed by atoms with Crippen molar-refractivity contribution in [1.29, 1.82) is 0 Å². The fourth-order valence-electron chi connectivity index (χ4n) is 2.27. The summed E-state index contributed by atoms with van der Waals surface area (Å²) in [5.74, 6) is 0.833. The highest BCUT2D eigenvalue weighted by molar-refractivity contribution is 8.00. The summed E-state index contributed by atoms with van der Waals surface area (Å²) in [6.45, 7) is 8.42. The van der Waals surface area contributed by atoms with Crippen LogP contribution in [0.4, 0.5) is 0 Å². The zero-order chi connectivity index (χ0) is 18.4. The fraction of sp³-hybridized carbons (Fsp3) is 0.421. The van der Waals surface area contributed by atoms with Gasteiger partial charge in [-0.3, -0.25) is 4.79 Å². The first kappa shape index (κ1) is 19.2. The second-order valence-electron chi connectivity index (χ2n) is 5.95. The van der Waals surface area contributed by atoms with Crippen molar-refractivity contribution in [3.63, 3.8) is 0 Å². The molecule has 0 aliphatic heterocycles. The smallest absolute Gasteiger partial charge is 0.233 e. The Bertz CT molecular complexity index is 709. The summed E-state index contributed by atoms with van der Waals surface area (Å²) in [7, 11) is 1.65. The predicted octanol–water partition coefficient (Wildman–Crippen LogP) is 3.25. The summed E-state index contributed by atoms with van der Waals surface area (Å²) in [5.41, 5.74) is 4.18. The second-order valence-corrected chi connectivity index (χ2v) is 7.26. The maximum absolute atomic E-state index is 12.3. The van der Waals surface area contributed by atoms with Gasteiger partial charge in [0, 0.05) is 17.9 Å². The zero-order valence-corrected chi connectivity index (χ0v) is 16.2. The Balaban J connectivity index is 1.83. The zero-order valence-electron chi connectivity index (χ0n) is 15.4. The van der Waals surface area contributed by atoms with E-state index in [0.717, 1.165) is 34.7 Å². The predicted molar refractivity (Wildman–Crippen MR) is 101 cm³/mol. The number of ether oxygens (including phenoxy) is 1. The van der Waals surface area contributed by atoms with Gasteiger partial charge in [0.05, 0.1) is 12.4 Å². The molecule has 0 aliphatic carbocycles. The largest absolute Gasteiger partial charge is 0.497 e. The first-order chi connectivity index (χ1) is 11.9. The van der Waals surface area contributed by atoms with E-state index in [1.807, 2.05) is 52.0 Å². The van der Waals surface area contributed by atoms with Gasteiger partial charge in [-0.1, -0.05) is 23.9 Å². The third-order valence-corrected chi connectivity index (χ3v) is 5.10. The standard InChI is InChI=1S/C19H25N3O2S/c1-12-13(2)21-19(22-14(12)3)25-15(4)18(23)20-11-10-16-6-8-17(24-5)9-7-16/h6-9,15H,10-11H2,1-5H3,(H,20,23)/t15-/m0/s1. The lowest BCUT2D eigenvalue weighted by atomic mass is 10.1. The molecule has 0 aliphatic rings. The van der Waals surface area contributed by atoms with Gasteiger partial charge in [-0.15, -0.1) is 0 Å². The molecule has 0 saturated carbocycles. The second kappa shape index (κ2) is 8.85. The molecule has 0 radical (unpaired) electrons. The van der Waals surface area contributed by atoms with Crippen LogP contribution in [0, 0.1) is 20.8 Å². The Labute approximate surface area is 153 Å². The van der Waals surface area contributed by atoms with Gasteiger partial charge in [0.2, 0.25) is 5.91 Å². The topological polar surface area (TPSA) is 64.1 Å². The highest BCUT2D eigenvalue weighted by atomic mass is 32.2. The van der Waals surface area contributed by atoms with Crippen LogP contribution in [0.1, 0.15) is 29.4 Å². The average molecular weight is 359 g/mol. The van der Waals surface area contributed by atoms with Crippen LogP contribution in [0.15, 0.2) is 29.4 Å². The molecule has 1 atom stereocenters. The van der Waals surface area contributed by atoms with E-state index in [2.05, 4.69) is 15.3 Å². The van der Waals surface area contributed by atoms with Gasteiger partial charge < -0.3 is 10.1 Å². The molecule has 0 unspecified atom stereocenters. The first-order valence-corrected chi connectivity index (χ1v) is 9.17. The minimum atomic E-state index is -0.239. The lowest BCUT2D eigenvalue weighted by molar-refractivity contribution is -0.120. The van der Waals surface area contributed by atoms with Crippen molar-refractivity contribution < 1.29 is 9.53 Å². The number of rotatable bonds is 7. The Morgan fingerprint density at radius 2 is 1.76 bits per heavy atom. The molecule has 0 saturated heterocycles. The summed E-state index contributed by atoms with van der Waals surface area (Å²) in [6, 6.07) is 7.87.